The van der Waals surface area contributed by atoms with Crippen LogP contribution in [0.1, 0.15) is 11.4 Å². The summed E-state index contributed by atoms with van der Waals surface area (Å²) in [6.07, 6.45) is 1.91. The fraction of sp³-hybridized carbons (Fsp3) is 0.400. The second kappa shape index (κ2) is 3.55. The van der Waals surface area contributed by atoms with E-state index in [4.69, 9.17) is 5.73 Å². The predicted molar refractivity (Wildman–Crippen MR) is 63.6 cm³/mol. The lowest BCUT2D eigenvalue weighted by Crippen LogP contribution is -2.01. The van der Waals surface area contributed by atoms with Crippen molar-refractivity contribution < 1.29 is 0 Å². The highest BCUT2D eigenvalue weighted by Gasteiger charge is 2.12. The summed E-state index contributed by atoms with van der Waals surface area (Å²) in [5.74, 6) is 0.800. The Morgan fingerprint density at radius 2 is 1.88 bits per heavy atom. The Morgan fingerprint density at radius 1 is 1.19 bits per heavy atom. The smallest absolute Gasteiger partial charge is 0.152 e. The maximum Gasteiger partial charge on any atom is 0.152 e. The Labute approximate surface area is 94.1 Å². The van der Waals surface area contributed by atoms with Crippen LogP contribution in [-0.4, -0.2) is 19.6 Å². The van der Waals surface area contributed by atoms with Crippen LogP contribution in [-0.2, 0) is 14.1 Å². The molecule has 0 saturated heterocycles. The average Bonchev–Trinajstić information content (AvgIpc) is 2.62. The topological polar surface area (TPSA) is 73.7 Å². The largest absolute Gasteiger partial charge is 0.394 e. The van der Waals surface area contributed by atoms with E-state index < -0.39 is 0 Å². The van der Waals surface area contributed by atoms with Gasteiger partial charge in [-0.15, -0.1) is 0 Å². The van der Waals surface area contributed by atoms with Crippen LogP contribution in [0.3, 0.4) is 0 Å². The lowest BCUT2D eigenvalue weighted by Gasteiger charge is -2.05. The minimum Gasteiger partial charge on any atom is -0.394 e. The van der Waals surface area contributed by atoms with E-state index in [1.54, 1.807) is 9.36 Å². The van der Waals surface area contributed by atoms with Gasteiger partial charge in [-0.05, 0) is 13.8 Å². The lowest BCUT2D eigenvalue weighted by molar-refractivity contribution is 0.756. The van der Waals surface area contributed by atoms with Crippen molar-refractivity contribution in [2.45, 2.75) is 13.8 Å². The summed E-state index contributed by atoms with van der Waals surface area (Å²) < 4.78 is 3.49. The van der Waals surface area contributed by atoms with Gasteiger partial charge in [0.05, 0.1) is 22.8 Å². The van der Waals surface area contributed by atoms with Crippen LogP contribution in [0.15, 0.2) is 6.20 Å². The Morgan fingerprint density at radius 3 is 2.31 bits per heavy atom. The minimum absolute atomic E-state index is 0.672. The molecular formula is C10H16N6. The molecule has 0 atom stereocenters. The Bertz CT molecular complexity index is 522. The Balaban J connectivity index is 2.37. The molecule has 6 heteroatoms. The molecule has 86 valence electrons. The van der Waals surface area contributed by atoms with Crippen LogP contribution >= 0.6 is 0 Å². The van der Waals surface area contributed by atoms with Crippen LogP contribution in [0.2, 0.25) is 0 Å². The summed E-state index contributed by atoms with van der Waals surface area (Å²) in [5, 5.41) is 11.7. The molecule has 2 aromatic rings. The first-order valence-electron chi connectivity index (χ1n) is 5.05. The van der Waals surface area contributed by atoms with Crippen LogP contribution < -0.4 is 11.1 Å². The highest BCUT2D eigenvalue weighted by atomic mass is 15.3. The van der Waals surface area contributed by atoms with Crippen LogP contribution in [0.4, 0.5) is 17.2 Å². The molecule has 2 aromatic heterocycles. The quantitative estimate of drug-likeness (QED) is 0.794. The van der Waals surface area contributed by atoms with Crippen molar-refractivity contribution in [3.05, 3.63) is 17.6 Å². The standard InChI is InChI=1S/C10H16N6/c1-6-8(5-15(3)13-6)12-10-9(11)7(2)14-16(10)4/h5,12H,11H2,1-4H3. The zero-order valence-corrected chi connectivity index (χ0v) is 9.94. The highest BCUT2D eigenvalue weighted by molar-refractivity contribution is 5.71. The van der Waals surface area contributed by atoms with Gasteiger partial charge in [0.2, 0.25) is 0 Å². The van der Waals surface area contributed by atoms with E-state index in [1.807, 2.05) is 34.1 Å². The molecule has 0 aliphatic heterocycles. The summed E-state index contributed by atoms with van der Waals surface area (Å²) in [7, 11) is 3.74. The second-order valence-corrected chi connectivity index (χ2v) is 3.90. The molecule has 0 aromatic carbocycles. The summed E-state index contributed by atoms with van der Waals surface area (Å²) in [6, 6.07) is 0. The van der Waals surface area contributed by atoms with Gasteiger partial charge in [0.15, 0.2) is 5.82 Å². The first kappa shape index (κ1) is 10.5. The number of nitrogens with one attached hydrogen (secondary N) is 1. The molecule has 0 spiro atoms. The Kier molecular flexibility index (Phi) is 2.34. The van der Waals surface area contributed by atoms with Crippen molar-refractivity contribution in [2.24, 2.45) is 14.1 Å². The number of nitrogens with two attached hydrogens (primary N) is 1. The normalized spacial score (nSPS) is 10.8. The summed E-state index contributed by atoms with van der Waals surface area (Å²) in [5.41, 5.74) is 9.31. The van der Waals surface area contributed by atoms with E-state index in [9.17, 15) is 0 Å². The van der Waals surface area contributed by atoms with E-state index >= 15 is 0 Å². The lowest BCUT2D eigenvalue weighted by atomic mass is 10.3. The van der Waals surface area contributed by atoms with Crippen LogP contribution in [0.5, 0.6) is 0 Å². The van der Waals surface area contributed by atoms with E-state index in [1.165, 1.54) is 0 Å². The van der Waals surface area contributed by atoms with Gasteiger partial charge in [-0.25, -0.2) is 0 Å². The Hall–Kier alpha value is -1.98. The van der Waals surface area contributed by atoms with Crippen molar-refractivity contribution in [1.82, 2.24) is 19.6 Å². The van der Waals surface area contributed by atoms with Gasteiger partial charge in [0, 0.05) is 20.3 Å². The van der Waals surface area contributed by atoms with Crippen molar-refractivity contribution in [3.8, 4) is 0 Å². The SMILES string of the molecule is Cc1nn(C)cc1Nc1c(N)c(C)nn1C. The first-order chi connectivity index (χ1) is 7.49. The monoisotopic (exact) mass is 220 g/mol. The molecular weight excluding hydrogens is 204 g/mol. The first-order valence-corrected chi connectivity index (χ1v) is 5.05. The van der Waals surface area contributed by atoms with Crippen molar-refractivity contribution in [3.63, 3.8) is 0 Å². The third-order valence-electron chi connectivity index (χ3n) is 2.54. The van der Waals surface area contributed by atoms with Gasteiger partial charge in [0.1, 0.15) is 0 Å². The minimum atomic E-state index is 0.672. The molecule has 0 bridgehead atoms. The van der Waals surface area contributed by atoms with Crippen LogP contribution in [0.25, 0.3) is 0 Å². The number of nitrogen functional groups attached to an aromatic ring is 1. The predicted octanol–water partition coefficient (Wildman–Crippen LogP) is 1.10. The van der Waals surface area contributed by atoms with Gasteiger partial charge in [-0.1, -0.05) is 0 Å². The van der Waals surface area contributed by atoms with E-state index in [2.05, 4.69) is 15.5 Å². The zero-order valence-electron chi connectivity index (χ0n) is 9.94. The van der Waals surface area contributed by atoms with E-state index in [-0.39, 0.29) is 0 Å². The molecule has 0 aliphatic rings. The molecule has 0 aliphatic carbocycles. The molecule has 0 fully saturated rings. The molecule has 3 N–H and O–H groups in total. The molecule has 0 saturated carbocycles. The van der Waals surface area contributed by atoms with Gasteiger partial charge in [0.25, 0.3) is 0 Å². The van der Waals surface area contributed by atoms with E-state index in [0.29, 0.717) is 5.69 Å². The highest BCUT2D eigenvalue weighted by Crippen LogP contribution is 2.26. The zero-order chi connectivity index (χ0) is 11.9. The fourth-order valence-corrected chi connectivity index (χ4v) is 1.67. The van der Waals surface area contributed by atoms with E-state index in [0.717, 1.165) is 22.9 Å². The molecule has 0 radical (unpaired) electrons. The summed E-state index contributed by atoms with van der Waals surface area (Å²) in [4.78, 5) is 0. The van der Waals surface area contributed by atoms with Gasteiger partial charge >= 0.3 is 0 Å². The van der Waals surface area contributed by atoms with Gasteiger partial charge in [-0.3, -0.25) is 9.36 Å². The van der Waals surface area contributed by atoms with Gasteiger partial charge in [-0.2, -0.15) is 10.2 Å². The number of rotatable bonds is 2. The number of aromatic nitrogens is 4. The number of aryl methyl sites for hydroxylation is 4. The number of nitrogens with zero attached hydrogens (tertiary/aromatic N) is 4. The summed E-state index contributed by atoms with van der Waals surface area (Å²) >= 11 is 0. The second-order valence-electron chi connectivity index (χ2n) is 3.90. The maximum absolute atomic E-state index is 5.94. The third kappa shape index (κ3) is 1.62. The van der Waals surface area contributed by atoms with Crippen molar-refractivity contribution in [1.29, 1.82) is 0 Å². The maximum atomic E-state index is 5.94. The molecule has 0 amide bonds. The van der Waals surface area contributed by atoms with Crippen molar-refractivity contribution in [2.75, 3.05) is 11.1 Å². The molecule has 6 nitrogen and oxygen atoms in total. The average molecular weight is 220 g/mol. The number of hydrogen-bond donors (Lipinski definition) is 2. The fourth-order valence-electron chi connectivity index (χ4n) is 1.67. The molecule has 0 unspecified atom stereocenters. The van der Waals surface area contributed by atoms with Gasteiger partial charge < -0.3 is 11.1 Å². The number of hydrogen-bond acceptors (Lipinski definition) is 4. The van der Waals surface area contributed by atoms with Crippen molar-refractivity contribution >= 4 is 17.2 Å². The van der Waals surface area contributed by atoms with Crippen LogP contribution in [0, 0.1) is 13.8 Å². The third-order valence-corrected chi connectivity index (χ3v) is 2.54. The number of anilines is 3. The molecule has 16 heavy (non-hydrogen) atoms. The summed E-state index contributed by atoms with van der Waals surface area (Å²) in [6.45, 7) is 3.83. The molecule has 2 rings (SSSR count). The molecule has 2 heterocycles.